The van der Waals surface area contributed by atoms with Crippen molar-refractivity contribution >= 4 is 29.4 Å². The summed E-state index contributed by atoms with van der Waals surface area (Å²) < 4.78 is 0. The SMILES string of the molecule is Cc1cccc(NC(=O)Nc2cccc(CNC(=O)C=Cc3ccc(C#N)cc3)c2)c1. The zero-order valence-corrected chi connectivity index (χ0v) is 17.1. The van der Waals surface area contributed by atoms with Crippen LogP contribution >= 0.6 is 0 Å². The summed E-state index contributed by atoms with van der Waals surface area (Å²) in [6, 6.07) is 23.5. The lowest BCUT2D eigenvalue weighted by molar-refractivity contribution is -0.116. The molecule has 3 N–H and O–H groups in total. The number of nitriles is 1. The normalized spacial score (nSPS) is 10.3. The van der Waals surface area contributed by atoms with Gasteiger partial charge in [-0.2, -0.15) is 5.26 Å². The van der Waals surface area contributed by atoms with Crippen LogP contribution < -0.4 is 16.0 Å². The number of rotatable bonds is 6. The summed E-state index contributed by atoms with van der Waals surface area (Å²) in [5, 5.41) is 17.2. The number of benzene rings is 3. The highest BCUT2D eigenvalue weighted by atomic mass is 16.2. The van der Waals surface area contributed by atoms with E-state index in [1.807, 2.05) is 43.3 Å². The second kappa shape index (κ2) is 10.4. The summed E-state index contributed by atoms with van der Waals surface area (Å²) in [6.07, 6.45) is 3.13. The minimum atomic E-state index is -0.336. The van der Waals surface area contributed by atoms with E-state index in [1.54, 1.807) is 42.5 Å². The molecule has 0 saturated heterocycles. The Morgan fingerprint density at radius 2 is 1.61 bits per heavy atom. The maximum Gasteiger partial charge on any atom is 0.323 e. The molecule has 3 aromatic rings. The van der Waals surface area contributed by atoms with Crippen LogP contribution in [0.3, 0.4) is 0 Å². The van der Waals surface area contributed by atoms with Crippen LogP contribution in [0, 0.1) is 18.3 Å². The third-order valence-electron chi connectivity index (χ3n) is 4.39. The van der Waals surface area contributed by atoms with Gasteiger partial charge in [-0.15, -0.1) is 0 Å². The number of nitrogens with one attached hydrogen (secondary N) is 3. The van der Waals surface area contributed by atoms with Gasteiger partial charge in [-0.3, -0.25) is 4.79 Å². The molecule has 6 heteroatoms. The summed E-state index contributed by atoms with van der Waals surface area (Å²) in [5.74, 6) is -0.236. The van der Waals surface area contributed by atoms with Crippen LogP contribution in [0.25, 0.3) is 6.08 Å². The van der Waals surface area contributed by atoms with Crippen molar-refractivity contribution in [2.75, 3.05) is 10.6 Å². The highest BCUT2D eigenvalue weighted by Crippen LogP contribution is 2.13. The number of urea groups is 1. The van der Waals surface area contributed by atoms with Crippen molar-refractivity contribution in [2.45, 2.75) is 13.5 Å². The summed E-state index contributed by atoms with van der Waals surface area (Å²) in [7, 11) is 0. The number of aryl methyl sites for hydroxylation is 1. The first-order valence-corrected chi connectivity index (χ1v) is 9.71. The van der Waals surface area contributed by atoms with Gasteiger partial charge in [0.05, 0.1) is 11.6 Å². The van der Waals surface area contributed by atoms with Crippen molar-refractivity contribution in [3.63, 3.8) is 0 Å². The molecular formula is C25H22N4O2. The maximum absolute atomic E-state index is 12.2. The Labute approximate surface area is 181 Å². The largest absolute Gasteiger partial charge is 0.348 e. The van der Waals surface area contributed by atoms with Crippen LogP contribution in [0.5, 0.6) is 0 Å². The number of nitrogens with zero attached hydrogens (tertiary/aromatic N) is 1. The lowest BCUT2D eigenvalue weighted by Gasteiger charge is -2.10. The van der Waals surface area contributed by atoms with E-state index in [0.717, 1.165) is 22.4 Å². The van der Waals surface area contributed by atoms with E-state index < -0.39 is 0 Å². The number of hydrogen-bond acceptors (Lipinski definition) is 3. The van der Waals surface area contributed by atoms with Crippen LogP contribution in [0.15, 0.2) is 78.9 Å². The molecule has 0 saturated carbocycles. The van der Waals surface area contributed by atoms with E-state index in [-0.39, 0.29) is 11.9 Å². The van der Waals surface area contributed by atoms with E-state index in [9.17, 15) is 9.59 Å². The van der Waals surface area contributed by atoms with Crippen molar-refractivity contribution in [3.05, 3.63) is 101 Å². The zero-order valence-electron chi connectivity index (χ0n) is 17.1. The summed E-state index contributed by atoms with van der Waals surface area (Å²) in [6.45, 7) is 2.28. The van der Waals surface area contributed by atoms with Crippen LogP contribution in [-0.4, -0.2) is 11.9 Å². The van der Waals surface area contributed by atoms with Gasteiger partial charge in [0, 0.05) is 24.0 Å². The molecule has 3 rings (SSSR count). The quantitative estimate of drug-likeness (QED) is 0.508. The second-order valence-corrected chi connectivity index (χ2v) is 6.93. The van der Waals surface area contributed by atoms with Gasteiger partial charge in [-0.25, -0.2) is 4.79 Å². The topological polar surface area (TPSA) is 94.0 Å². The highest BCUT2D eigenvalue weighted by Gasteiger charge is 2.04. The van der Waals surface area contributed by atoms with Crippen molar-refractivity contribution < 1.29 is 9.59 Å². The maximum atomic E-state index is 12.2. The molecule has 0 aromatic heterocycles. The van der Waals surface area contributed by atoms with Gasteiger partial charge < -0.3 is 16.0 Å². The van der Waals surface area contributed by atoms with Crippen LogP contribution in [0.4, 0.5) is 16.2 Å². The Balaban J connectivity index is 1.51. The van der Waals surface area contributed by atoms with E-state index in [1.165, 1.54) is 6.08 Å². The molecule has 0 unspecified atom stereocenters. The van der Waals surface area contributed by atoms with Crippen LogP contribution in [0.1, 0.15) is 22.3 Å². The smallest absolute Gasteiger partial charge is 0.323 e. The summed E-state index contributed by atoms with van der Waals surface area (Å²) in [5.41, 5.74) is 4.67. The molecule has 3 aromatic carbocycles. The lowest BCUT2D eigenvalue weighted by Crippen LogP contribution is -2.21. The molecule has 0 bridgehead atoms. The minimum absolute atomic E-state index is 0.236. The highest BCUT2D eigenvalue weighted by molar-refractivity contribution is 5.99. The third-order valence-corrected chi connectivity index (χ3v) is 4.39. The van der Waals surface area contributed by atoms with E-state index in [0.29, 0.717) is 17.8 Å². The zero-order chi connectivity index (χ0) is 22.1. The number of amides is 3. The molecular weight excluding hydrogens is 388 g/mol. The molecule has 0 heterocycles. The Kier molecular flexibility index (Phi) is 7.17. The lowest BCUT2D eigenvalue weighted by atomic mass is 10.1. The fraction of sp³-hybridized carbons (Fsp3) is 0.0800. The first kappa shape index (κ1) is 21.3. The number of carbonyl (C=O) groups excluding carboxylic acids is 2. The fourth-order valence-corrected chi connectivity index (χ4v) is 2.86. The van der Waals surface area contributed by atoms with E-state index in [4.69, 9.17) is 5.26 Å². The average molecular weight is 410 g/mol. The Bertz CT molecular complexity index is 1140. The molecule has 6 nitrogen and oxygen atoms in total. The summed E-state index contributed by atoms with van der Waals surface area (Å²) in [4.78, 5) is 24.3. The van der Waals surface area contributed by atoms with Crippen molar-refractivity contribution in [2.24, 2.45) is 0 Å². The second-order valence-electron chi connectivity index (χ2n) is 6.93. The van der Waals surface area contributed by atoms with Crippen LogP contribution in [0.2, 0.25) is 0 Å². The summed E-state index contributed by atoms with van der Waals surface area (Å²) >= 11 is 0. The van der Waals surface area contributed by atoms with Gasteiger partial charge in [0.25, 0.3) is 0 Å². The number of anilines is 2. The van der Waals surface area contributed by atoms with E-state index in [2.05, 4.69) is 22.0 Å². The third kappa shape index (κ3) is 6.87. The van der Waals surface area contributed by atoms with Crippen LogP contribution in [-0.2, 0) is 11.3 Å². The monoisotopic (exact) mass is 410 g/mol. The predicted molar refractivity (Wildman–Crippen MR) is 122 cm³/mol. The molecule has 3 amide bonds. The van der Waals surface area contributed by atoms with Gasteiger partial charge in [0.1, 0.15) is 0 Å². The average Bonchev–Trinajstić information content (AvgIpc) is 2.77. The molecule has 0 aliphatic heterocycles. The Morgan fingerprint density at radius 1 is 0.935 bits per heavy atom. The fourth-order valence-electron chi connectivity index (χ4n) is 2.86. The molecule has 0 aliphatic carbocycles. The predicted octanol–water partition coefficient (Wildman–Crippen LogP) is 4.84. The molecule has 0 radical (unpaired) electrons. The minimum Gasteiger partial charge on any atom is -0.348 e. The van der Waals surface area contributed by atoms with E-state index >= 15 is 0 Å². The van der Waals surface area contributed by atoms with Crippen molar-refractivity contribution in [3.8, 4) is 6.07 Å². The number of hydrogen-bond donors (Lipinski definition) is 3. The van der Waals surface area contributed by atoms with Gasteiger partial charge >= 0.3 is 6.03 Å². The first-order valence-electron chi connectivity index (χ1n) is 9.71. The van der Waals surface area contributed by atoms with Gasteiger partial charge in [-0.05, 0) is 66.1 Å². The Hall–Kier alpha value is -4.37. The van der Waals surface area contributed by atoms with Gasteiger partial charge in [0.2, 0.25) is 5.91 Å². The molecule has 0 atom stereocenters. The molecule has 0 spiro atoms. The molecule has 0 fully saturated rings. The van der Waals surface area contributed by atoms with Gasteiger partial charge in [0.15, 0.2) is 0 Å². The molecule has 154 valence electrons. The standard InChI is InChI=1S/C25H22N4O2/c1-18-4-2-6-22(14-18)28-25(31)29-23-7-3-5-21(15-23)17-27-24(30)13-12-19-8-10-20(16-26)11-9-19/h2-15H,17H2,1H3,(H,27,30)(H2,28,29,31). The molecule has 0 aliphatic rings. The van der Waals surface area contributed by atoms with Gasteiger partial charge in [-0.1, -0.05) is 36.4 Å². The van der Waals surface area contributed by atoms with Crippen molar-refractivity contribution in [1.82, 2.24) is 5.32 Å². The Morgan fingerprint density at radius 3 is 2.29 bits per heavy atom. The van der Waals surface area contributed by atoms with Crippen molar-refractivity contribution in [1.29, 1.82) is 5.26 Å². The first-order chi connectivity index (χ1) is 15.0. The number of carbonyl (C=O) groups is 2. The molecule has 31 heavy (non-hydrogen) atoms.